The number of nitrogens with one attached hydrogen (secondary N) is 2. The standard InChI is InChI=1S/C22H17Cl2N3O5/c1-2-32-20-10-3-13(11-19(20)27(30)31)21(28)25-15-5-7-16(8-6-15)26-22(29)17-9-4-14(23)12-18(17)24/h3-12H,2H2,1H3,(H,25,28)(H,26,29). The minimum Gasteiger partial charge on any atom is -0.487 e. The number of carbonyl (C=O) groups is 2. The van der Waals surface area contributed by atoms with Crippen LogP contribution in [0.25, 0.3) is 0 Å². The third-order valence-corrected chi connectivity index (χ3v) is 4.84. The first-order valence-corrected chi connectivity index (χ1v) is 10.1. The average Bonchev–Trinajstić information content (AvgIpc) is 2.75. The molecule has 0 spiro atoms. The van der Waals surface area contributed by atoms with E-state index in [0.717, 1.165) is 6.07 Å². The van der Waals surface area contributed by atoms with Crippen molar-refractivity contribution in [1.82, 2.24) is 0 Å². The Morgan fingerprint density at radius 3 is 2.12 bits per heavy atom. The van der Waals surface area contributed by atoms with Crippen molar-refractivity contribution in [2.45, 2.75) is 6.92 Å². The molecule has 0 aliphatic heterocycles. The zero-order valence-corrected chi connectivity index (χ0v) is 18.2. The Kier molecular flexibility index (Phi) is 7.29. The highest BCUT2D eigenvalue weighted by Crippen LogP contribution is 2.28. The van der Waals surface area contributed by atoms with Crippen molar-refractivity contribution in [3.8, 4) is 5.75 Å². The van der Waals surface area contributed by atoms with Crippen molar-refractivity contribution in [2.24, 2.45) is 0 Å². The Balaban J connectivity index is 1.69. The third-order valence-electron chi connectivity index (χ3n) is 4.29. The topological polar surface area (TPSA) is 111 Å². The van der Waals surface area contributed by atoms with Crippen LogP contribution in [0.3, 0.4) is 0 Å². The van der Waals surface area contributed by atoms with E-state index in [2.05, 4.69) is 10.6 Å². The summed E-state index contributed by atoms with van der Waals surface area (Å²) in [5.41, 5.74) is 1.00. The summed E-state index contributed by atoms with van der Waals surface area (Å²) in [6.45, 7) is 1.97. The molecule has 0 unspecified atom stereocenters. The molecule has 0 saturated carbocycles. The number of amides is 2. The van der Waals surface area contributed by atoms with Crippen LogP contribution in [0.5, 0.6) is 5.75 Å². The van der Waals surface area contributed by atoms with Gasteiger partial charge in [0.1, 0.15) is 0 Å². The highest BCUT2D eigenvalue weighted by Gasteiger charge is 2.19. The summed E-state index contributed by atoms with van der Waals surface area (Å²) in [5.74, 6) is -0.846. The van der Waals surface area contributed by atoms with Crippen LogP contribution in [-0.2, 0) is 0 Å². The van der Waals surface area contributed by atoms with Crippen molar-refractivity contribution in [2.75, 3.05) is 17.2 Å². The molecule has 10 heteroatoms. The fourth-order valence-corrected chi connectivity index (χ4v) is 3.29. The number of nitro benzene ring substituents is 1. The quantitative estimate of drug-likeness (QED) is 0.332. The van der Waals surface area contributed by atoms with Gasteiger partial charge in [0.25, 0.3) is 11.8 Å². The summed E-state index contributed by atoms with van der Waals surface area (Å²) in [6, 6.07) is 14.9. The number of carbonyl (C=O) groups excluding carboxylic acids is 2. The summed E-state index contributed by atoms with van der Waals surface area (Å²) in [4.78, 5) is 35.5. The lowest BCUT2D eigenvalue weighted by Crippen LogP contribution is -2.14. The maximum Gasteiger partial charge on any atom is 0.311 e. The van der Waals surface area contributed by atoms with E-state index in [1.165, 1.54) is 24.3 Å². The molecule has 3 aromatic carbocycles. The molecule has 3 aromatic rings. The Bertz CT molecular complexity index is 1180. The minimum atomic E-state index is -0.605. The molecule has 32 heavy (non-hydrogen) atoms. The van der Waals surface area contributed by atoms with Gasteiger partial charge in [0, 0.05) is 28.0 Å². The second kappa shape index (κ2) is 10.1. The van der Waals surface area contributed by atoms with Gasteiger partial charge in [-0.2, -0.15) is 0 Å². The van der Waals surface area contributed by atoms with Crippen LogP contribution in [-0.4, -0.2) is 23.3 Å². The van der Waals surface area contributed by atoms with E-state index in [0.29, 0.717) is 16.4 Å². The number of halogens is 2. The van der Waals surface area contributed by atoms with Gasteiger partial charge in [-0.25, -0.2) is 0 Å². The summed E-state index contributed by atoms with van der Waals surface area (Å²) in [7, 11) is 0. The lowest BCUT2D eigenvalue weighted by Gasteiger charge is -2.10. The number of benzene rings is 3. The van der Waals surface area contributed by atoms with Crippen LogP contribution in [0.1, 0.15) is 27.6 Å². The Hall–Kier alpha value is -3.62. The van der Waals surface area contributed by atoms with Crippen molar-refractivity contribution < 1.29 is 19.2 Å². The zero-order chi connectivity index (χ0) is 23.3. The number of anilines is 2. The molecule has 164 valence electrons. The molecule has 3 rings (SSSR count). The fraction of sp³-hybridized carbons (Fsp3) is 0.0909. The van der Waals surface area contributed by atoms with E-state index in [-0.39, 0.29) is 34.2 Å². The van der Waals surface area contributed by atoms with E-state index in [4.69, 9.17) is 27.9 Å². The summed E-state index contributed by atoms with van der Waals surface area (Å²) in [6.07, 6.45) is 0. The molecule has 0 radical (unpaired) electrons. The van der Waals surface area contributed by atoms with Gasteiger partial charge >= 0.3 is 5.69 Å². The second-order valence-electron chi connectivity index (χ2n) is 6.48. The second-order valence-corrected chi connectivity index (χ2v) is 7.33. The molecular formula is C22H17Cl2N3O5. The number of nitrogens with zero attached hydrogens (tertiary/aromatic N) is 1. The smallest absolute Gasteiger partial charge is 0.311 e. The molecule has 0 aliphatic carbocycles. The fourth-order valence-electron chi connectivity index (χ4n) is 2.79. The van der Waals surface area contributed by atoms with Crippen molar-refractivity contribution in [3.63, 3.8) is 0 Å². The van der Waals surface area contributed by atoms with Crippen LogP contribution >= 0.6 is 23.2 Å². The largest absolute Gasteiger partial charge is 0.487 e. The van der Waals surface area contributed by atoms with Gasteiger partial charge in [0.2, 0.25) is 0 Å². The maximum absolute atomic E-state index is 12.5. The molecule has 0 heterocycles. The highest BCUT2D eigenvalue weighted by atomic mass is 35.5. The van der Waals surface area contributed by atoms with Crippen LogP contribution in [0.4, 0.5) is 17.1 Å². The number of hydrogen-bond acceptors (Lipinski definition) is 5. The molecule has 0 atom stereocenters. The van der Waals surface area contributed by atoms with Crippen molar-refractivity contribution in [1.29, 1.82) is 0 Å². The molecule has 0 aliphatic rings. The first kappa shape index (κ1) is 23.1. The first-order chi connectivity index (χ1) is 15.3. The van der Waals surface area contributed by atoms with E-state index in [9.17, 15) is 19.7 Å². The van der Waals surface area contributed by atoms with Gasteiger partial charge in [-0.15, -0.1) is 0 Å². The van der Waals surface area contributed by atoms with Gasteiger partial charge in [-0.3, -0.25) is 19.7 Å². The van der Waals surface area contributed by atoms with Gasteiger partial charge in [0.05, 0.1) is 22.1 Å². The number of nitro groups is 1. The summed E-state index contributed by atoms with van der Waals surface area (Å²) in [5, 5.41) is 17.2. The van der Waals surface area contributed by atoms with Crippen LogP contribution in [0, 0.1) is 10.1 Å². The third kappa shape index (κ3) is 5.54. The Morgan fingerprint density at radius 1 is 0.938 bits per heavy atom. The van der Waals surface area contributed by atoms with Gasteiger partial charge in [0.15, 0.2) is 5.75 Å². The molecule has 0 bridgehead atoms. The highest BCUT2D eigenvalue weighted by molar-refractivity contribution is 6.37. The minimum absolute atomic E-state index is 0.0925. The maximum atomic E-state index is 12.5. The van der Waals surface area contributed by atoms with Gasteiger partial charge in [-0.1, -0.05) is 23.2 Å². The summed E-state index contributed by atoms with van der Waals surface area (Å²) < 4.78 is 5.22. The Morgan fingerprint density at radius 2 is 1.56 bits per heavy atom. The van der Waals surface area contributed by atoms with E-state index in [1.54, 1.807) is 37.3 Å². The Labute approximate surface area is 193 Å². The van der Waals surface area contributed by atoms with Gasteiger partial charge in [-0.05, 0) is 61.5 Å². The average molecular weight is 474 g/mol. The number of hydrogen-bond donors (Lipinski definition) is 2. The molecule has 0 fully saturated rings. The van der Waals surface area contributed by atoms with E-state index >= 15 is 0 Å². The lowest BCUT2D eigenvalue weighted by atomic mass is 10.1. The molecular weight excluding hydrogens is 457 g/mol. The molecule has 0 saturated heterocycles. The van der Waals surface area contributed by atoms with Crippen LogP contribution in [0.2, 0.25) is 10.0 Å². The lowest BCUT2D eigenvalue weighted by molar-refractivity contribution is -0.385. The molecule has 2 amide bonds. The predicted molar refractivity (Wildman–Crippen MR) is 123 cm³/mol. The predicted octanol–water partition coefficient (Wildman–Crippen LogP) is 5.80. The number of ether oxygens (including phenoxy) is 1. The first-order valence-electron chi connectivity index (χ1n) is 9.37. The molecule has 2 N–H and O–H groups in total. The normalized spacial score (nSPS) is 10.3. The SMILES string of the molecule is CCOc1ccc(C(=O)Nc2ccc(NC(=O)c3ccc(Cl)cc3Cl)cc2)cc1[N+](=O)[O-]. The number of rotatable bonds is 7. The molecule has 8 nitrogen and oxygen atoms in total. The van der Waals surface area contributed by atoms with E-state index in [1.807, 2.05) is 0 Å². The van der Waals surface area contributed by atoms with Crippen LogP contribution < -0.4 is 15.4 Å². The van der Waals surface area contributed by atoms with Crippen molar-refractivity contribution in [3.05, 3.63) is 92.0 Å². The summed E-state index contributed by atoms with van der Waals surface area (Å²) >= 11 is 11.9. The zero-order valence-electron chi connectivity index (χ0n) is 16.7. The van der Waals surface area contributed by atoms with Crippen LogP contribution in [0.15, 0.2) is 60.7 Å². The van der Waals surface area contributed by atoms with Crippen molar-refractivity contribution >= 4 is 52.1 Å². The molecule has 0 aromatic heterocycles. The van der Waals surface area contributed by atoms with E-state index < -0.39 is 16.7 Å². The monoisotopic (exact) mass is 473 g/mol. The van der Waals surface area contributed by atoms with Gasteiger partial charge < -0.3 is 15.4 Å².